The summed E-state index contributed by atoms with van der Waals surface area (Å²) in [4.78, 5) is 2.37. The van der Waals surface area contributed by atoms with Gasteiger partial charge in [-0.15, -0.1) is 0 Å². The van der Waals surface area contributed by atoms with E-state index in [0.717, 1.165) is 27.6 Å². The third-order valence-electron chi connectivity index (χ3n) is 9.55. The van der Waals surface area contributed by atoms with Crippen LogP contribution < -0.4 is 4.90 Å². The summed E-state index contributed by atoms with van der Waals surface area (Å²) < 4.78 is 0. The Hall–Kier alpha value is -5.37. The summed E-state index contributed by atoms with van der Waals surface area (Å²) in [6.45, 7) is 0. The van der Waals surface area contributed by atoms with Gasteiger partial charge in [0.1, 0.15) is 0 Å². The van der Waals surface area contributed by atoms with Crippen molar-refractivity contribution in [1.29, 1.82) is 0 Å². The maximum Gasteiger partial charge on any atom is 0.0726 e. The van der Waals surface area contributed by atoms with E-state index in [4.69, 9.17) is 11.6 Å². The first-order valence-corrected chi connectivity index (χ1v) is 15.8. The highest BCUT2D eigenvalue weighted by Crippen LogP contribution is 2.64. The second kappa shape index (κ2) is 10.1. The van der Waals surface area contributed by atoms with Gasteiger partial charge in [0, 0.05) is 27.6 Å². The minimum atomic E-state index is -0.460. The van der Waals surface area contributed by atoms with E-state index in [2.05, 4.69) is 169 Å². The van der Waals surface area contributed by atoms with E-state index in [-0.39, 0.29) is 0 Å². The SMILES string of the molecule is Clc1cccc2c1-c1ccccc1C21c2ccccc2-c2ccc(N(c3ccccc3)c3ccc(-c4ccccc4)cc3)cc21. The zero-order valence-electron chi connectivity index (χ0n) is 24.5. The van der Waals surface area contributed by atoms with E-state index < -0.39 is 5.41 Å². The molecular weight excluding hydrogens is 566 g/mol. The first-order valence-electron chi connectivity index (χ1n) is 15.4. The van der Waals surface area contributed by atoms with Crippen LogP contribution in [0.4, 0.5) is 17.1 Å². The van der Waals surface area contributed by atoms with E-state index in [1.165, 1.54) is 50.1 Å². The predicted octanol–water partition coefficient (Wildman–Crippen LogP) is 11.8. The van der Waals surface area contributed by atoms with E-state index >= 15 is 0 Å². The molecule has 1 spiro atoms. The molecule has 1 nitrogen and oxygen atoms in total. The quantitative estimate of drug-likeness (QED) is 0.196. The molecule has 0 bridgehead atoms. The van der Waals surface area contributed by atoms with Crippen LogP contribution in [0, 0.1) is 0 Å². The number of anilines is 3. The Morgan fingerprint density at radius 3 is 1.67 bits per heavy atom. The van der Waals surface area contributed by atoms with E-state index in [0.29, 0.717) is 0 Å². The van der Waals surface area contributed by atoms with Gasteiger partial charge in [-0.2, -0.15) is 0 Å². The number of hydrogen-bond donors (Lipinski definition) is 0. The summed E-state index contributed by atoms with van der Waals surface area (Å²) in [7, 11) is 0. The molecule has 0 heterocycles. The molecule has 2 heteroatoms. The standard InChI is InChI=1S/C43H28ClN/c44-41-21-11-20-39-42(41)36-17-8-10-19-38(36)43(39)37-18-9-7-16-34(37)35-27-26-33(28-40(35)43)45(31-14-5-2-6-15-31)32-24-22-30(23-25-32)29-12-3-1-4-13-29/h1-28H. The molecule has 2 aliphatic rings. The van der Waals surface area contributed by atoms with Crippen LogP contribution >= 0.6 is 11.6 Å². The maximum atomic E-state index is 7.00. The van der Waals surface area contributed by atoms with Crippen LogP contribution in [0.2, 0.25) is 5.02 Å². The molecule has 0 amide bonds. The van der Waals surface area contributed by atoms with Crippen molar-refractivity contribution in [2.75, 3.05) is 4.90 Å². The van der Waals surface area contributed by atoms with Gasteiger partial charge in [0.25, 0.3) is 0 Å². The molecule has 0 saturated heterocycles. The van der Waals surface area contributed by atoms with Crippen molar-refractivity contribution in [2.45, 2.75) is 5.41 Å². The summed E-state index contributed by atoms with van der Waals surface area (Å²) >= 11 is 7.00. The Morgan fingerprint density at radius 1 is 0.378 bits per heavy atom. The van der Waals surface area contributed by atoms with Crippen LogP contribution in [0.3, 0.4) is 0 Å². The summed E-state index contributed by atoms with van der Waals surface area (Å²) in [6, 6.07) is 61.2. The molecule has 0 fully saturated rings. The highest BCUT2D eigenvalue weighted by molar-refractivity contribution is 6.34. The summed E-state index contributed by atoms with van der Waals surface area (Å²) in [6.07, 6.45) is 0. The fourth-order valence-electron chi connectivity index (χ4n) is 7.73. The van der Waals surface area contributed by atoms with Crippen molar-refractivity contribution in [2.24, 2.45) is 0 Å². The number of benzene rings is 7. The number of para-hydroxylation sites is 1. The molecule has 7 aromatic rings. The summed E-state index contributed by atoms with van der Waals surface area (Å²) in [5.74, 6) is 0. The molecule has 212 valence electrons. The van der Waals surface area contributed by atoms with E-state index in [9.17, 15) is 0 Å². The van der Waals surface area contributed by atoms with Crippen LogP contribution in [-0.2, 0) is 5.41 Å². The highest BCUT2D eigenvalue weighted by Gasteiger charge is 2.52. The highest BCUT2D eigenvalue weighted by atomic mass is 35.5. The maximum absolute atomic E-state index is 7.00. The van der Waals surface area contributed by atoms with Crippen LogP contribution in [0.1, 0.15) is 22.3 Å². The third-order valence-corrected chi connectivity index (χ3v) is 9.87. The molecule has 0 aromatic heterocycles. The monoisotopic (exact) mass is 593 g/mol. The number of hydrogen-bond acceptors (Lipinski definition) is 1. The number of halogens is 1. The van der Waals surface area contributed by atoms with Gasteiger partial charge in [0.2, 0.25) is 0 Å². The van der Waals surface area contributed by atoms with Gasteiger partial charge in [-0.05, 0) is 92.5 Å². The summed E-state index contributed by atoms with van der Waals surface area (Å²) in [5.41, 5.74) is 15.3. The molecule has 1 atom stereocenters. The van der Waals surface area contributed by atoms with Gasteiger partial charge in [-0.1, -0.05) is 139 Å². The van der Waals surface area contributed by atoms with Crippen molar-refractivity contribution < 1.29 is 0 Å². The Kier molecular flexibility index (Phi) is 5.84. The topological polar surface area (TPSA) is 3.24 Å². The molecule has 2 aliphatic carbocycles. The fraction of sp³-hybridized carbons (Fsp3) is 0.0233. The van der Waals surface area contributed by atoms with Gasteiger partial charge in [-0.25, -0.2) is 0 Å². The van der Waals surface area contributed by atoms with Crippen LogP contribution in [0.5, 0.6) is 0 Å². The Labute approximate surface area is 268 Å². The fourth-order valence-corrected chi connectivity index (χ4v) is 8.00. The molecule has 7 aromatic carbocycles. The van der Waals surface area contributed by atoms with Gasteiger partial charge in [0.05, 0.1) is 5.41 Å². The third kappa shape index (κ3) is 3.75. The van der Waals surface area contributed by atoms with Crippen molar-refractivity contribution >= 4 is 28.7 Å². The normalized spacial score (nSPS) is 15.3. The van der Waals surface area contributed by atoms with E-state index in [1.54, 1.807) is 0 Å². The van der Waals surface area contributed by atoms with Crippen molar-refractivity contribution in [1.82, 2.24) is 0 Å². The Bertz CT molecular complexity index is 2220. The predicted molar refractivity (Wildman–Crippen MR) is 188 cm³/mol. The average Bonchev–Trinajstić information content (AvgIpc) is 3.57. The van der Waals surface area contributed by atoms with Gasteiger partial charge < -0.3 is 4.90 Å². The van der Waals surface area contributed by atoms with Gasteiger partial charge >= 0.3 is 0 Å². The summed E-state index contributed by atoms with van der Waals surface area (Å²) in [5, 5.41) is 0.795. The molecular formula is C43H28ClN. The second-order valence-electron chi connectivity index (χ2n) is 11.8. The lowest BCUT2D eigenvalue weighted by molar-refractivity contribution is 0.793. The Morgan fingerprint density at radius 2 is 0.911 bits per heavy atom. The zero-order valence-corrected chi connectivity index (χ0v) is 25.2. The smallest absolute Gasteiger partial charge is 0.0726 e. The minimum absolute atomic E-state index is 0.460. The molecule has 1 unspecified atom stereocenters. The van der Waals surface area contributed by atoms with Gasteiger partial charge in [0.15, 0.2) is 0 Å². The first-order chi connectivity index (χ1) is 22.2. The molecule has 9 rings (SSSR count). The molecule has 45 heavy (non-hydrogen) atoms. The minimum Gasteiger partial charge on any atom is -0.310 e. The van der Waals surface area contributed by atoms with E-state index in [1.807, 2.05) is 6.07 Å². The zero-order chi connectivity index (χ0) is 30.0. The van der Waals surface area contributed by atoms with Gasteiger partial charge in [-0.3, -0.25) is 0 Å². The van der Waals surface area contributed by atoms with Crippen molar-refractivity contribution in [3.63, 3.8) is 0 Å². The second-order valence-corrected chi connectivity index (χ2v) is 12.2. The van der Waals surface area contributed by atoms with Crippen molar-refractivity contribution in [3.8, 4) is 33.4 Å². The molecule has 0 saturated carbocycles. The number of rotatable bonds is 4. The van der Waals surface area contributed by atoms with Crippen molar-refractivity contribution in [3.05, 3.63) is 197 Å². The van der Waals surface area contributed by atoms with Crippen LogP contribution in [0.25, 0.3) is 33.4 Å². The molecule has 0 radical (unpaired) electrons. The molecule has 0 aliphatic heterocycles. The van der Waals surface area contributed by atoms with Crippen LogP contribution in [-0.4, -0.2) is 0 Å². The average molecular weight is 594 g/mol. The lowest BCUT2D eigenvalue weighted by atomic mass is 9.70. The Balaban J connectivity index is 1.29. The number of nitrogens with zero attached hydrogens (tertiary/aromatic N) is 1. The molecule has 0 N–H and O–H groups in total. The number of fused-ring (bicyclic) bond motifs is 10. The largest absolute Gasteiger partial charge is 0.310 e. The first kappa shape index (κ1) is 26.1. The van der Waals surface area contributed by atoms with Crippen LogP contribution in [0.15, 0.2) is 170 Å². The lowest BCUT2D eigenvalue weighted by Gasteiger charge is -2.32. The lowest BCUT2D eigenvalue weighted by Crippen LogP contribution is -2.26.